The Labute approximate surface area is 140 Å². The summed E-state index contributed by atoms with van der Waals surface area (Å²) in [6.07, 6.45) is 2.99. The predicted octanol–water partition coefficient (Wildman–Crippen LogP) is 0.935. The molecule has 9 nitrogen and oxygen atoms in total. The summed E-state index contributed by atoms with van der Waals surface area (Å²) >= 11 is 0. The third kappa shape index (κ3) is 4.16. The molecule has 0 aliphatic carbocycles. The van der Waals surface area contributed by atoms with Gasteiger partial charge in [0.25, 0.3) is 0 Å². The van der Waals surface area contributed by atoms with Crippen molar-refractivity contribution in [2.24, 2.45) is 5.92 Å². The number of piperazine rings is 1. The van der Waals surface area contributed by atoms with E-state index in [2.05, 4.69) is 44.1 Å². The van der Waals surface area contributed by atoms with Crippen LogP contribution in [0, 0.1) is 5.92 Å². The third-order valence-corrected chi connectivity index (χ3v) is 4.11. The maximum absolute atomic E-state index is 12.2. The Morgan fingerprint density at radius 3 is 2.79 bits per heavy atom. The van der Waals surface area contributed by atoms with E-state index in [0.29, 0.717) is 36.4 Å². The summed E-state index contributed by atoms with van der Waals surface area (Å²) in [6, 6.07) is 0. The lowest BCUT2D eigenvalue weighted by Gasteiger charge is -2.34. The van der Waals surface area contributed by atoms with Crippen LogP contribution in [-0.2, 0) is 11.3 Å². The number of aromatic nitrogens is 5. The molecular formula is C15H23N7O2. The number of aromatic amines is 1. The van der Waals surface area contributed by atoms with E-state index >= 15 is 0 Å². The molecule has 130 valence electrons. The number of hydrogen-bond acceptors (Lipinski definition) is 7. The zero-order valence-electron chi connectivity index (χ0n) is 14.1. The van der Waals surface area contributed by atoms with E-state index < -0.39 is 0 Å². The zero-order valence-corrected chi connectivity index (χ0v) is 14.1. The Balaban J connectivity index is 1.46. The molecule has 0 unspecified atom stereocenters. The molecule has 0 saturated carbocycles. The summed E-state index contributed by atoms with van der Waals surface area (Å²) in [7, 11) is 0. The van der Waals surface area contributed by atoms with Crippen molar-refractivity contribution in [3.8, 4) is 11.6 Å². The average Bonchev–Trinajstić information content (AvgIpc) is 3.24. The lowest BCUT2D eigenvalue weighted by Crippen LogP contribution is -2.48. The van der Waals surface area contributed by atoms with Gasteiger partial charge in [-0.15, -0.1) is 0 Å². The molecule has 1 aliphatic heterocycles. The second-order valence-corrected chi connectivity index (χ2v) is 6.44. The zero-order chi connectivity index (χ0) is 16.9. The molecular weight excluding hydrogens is 310 g/mol. The molecule has 1 aliphatic rings. The molecule has 1 fully saturated rings. The molecule has 3 rings (SSSR count). The van der Waals surface area contributed by atoms with Gasteiger partial charge >= 0.3 is 0 Å². The molecule has 1 saturated heterocycles. The van der Waals surface area contributed by atoms with Gasteiger partial charge in [0.2, 0.25) is 17.6 Å². The Kier molecular flexibility index (Phi) is 5.19. The van der Waals surface area contributed by atoms with Crippen LogP contribution in [0.15, 0.2) is 10.9 Å². The monoisotopic (exact) mass is 333 g/mol. The van der Waals surface area contributed by atoms with Crippen molar-refractivity contribution in [1.82, 2.24) is 35.1 Å². The van der Waals surface area contributed by atoms with Crippen LogP contribution in [0.3, 0.4) is 0 Å². The van der Waals surface area contributed by atoms with Gasteiger partial charge in [0.15, 0.2) is 5.82 Å². The van der Waals surface area contributed by atoms with Gasteiger partial charge in [-0.3, -0.25) is 14.8 Å². The summed E-state index contributed by atoms with van der Waals surface area (Å²) in [4.78, 5) is 24.6. The Bertz CT molecular complexity index is 645. The molecule has 1 N–H and O–H groups in total. The highest BCUT2D eigenvalue weighted by Crippen LogP contribution is 2.13. The summed E-state index contributed by atoms with van der Waals surface area (Å²) in [5, 5.41) is 10.4. The quantitative estimate of drug-likeness (QED) is 0.838. The van der Waals surface area contributed by atoms with Gasteiger partial charge in [0.05, 0.1) is 6.54 Å². The Morgan fingerprint density at radius 2 is 2.12 bits per heavy atom. The first-order valence-electron chi connectivity index (χ1n) is 8.30. The van der Waals surface area contributed by atoms with E-state index in [1.807, 2.05) is 4.90 Å². The standard InChI is InChI=1S/C15H23N7O2/c1-11(2)3-4-13(23)22-7-5-21(6-8-22)9-12-18-15(20-24-12)14-16-10-17-19-14/h10-11H,3-9H2,1-2H3,(H,16,17,19). The Hall–Kier alpha value is -2.29. The van der Waals surface area contributed by atoms with Crippen LogP contribution >= 0.6 is 0 Å². The molecule has 0 spiro atoms. The summed E-state index contributed by atoms with van der Waals surface area (Å²) in [6.45, 7) is 7.99. The van der Waals surface area contributed by atoms with Crippen molar-refractivity contribution in [3.63, 3.8) is 0 Å². The molecule has 2 aromatic heterocycles. The number of carbonyl (C=O) groups excluding carboxylic acids is 1. The number of H-pyrrole nitrogens is 1. The van der Waals surface area contributed by atoms with Crippen molar-refractivity contribution in [2.45, 2.75) is 33.2 Å². The van der Waals surface area contributed by atoms with Crippen LogP contribution in [0.1, 0.15) is 32.6 Å². The van der Waals surface area contributed by atoms with Crippen molar-refractivity contribution < 1.29 is 9.32 Å². The van der Waals surface area contributed by atoms with Crippen molar-refractivity contribution in [2.75, 3.05) is 26.2 Å². The minimum absolute atomic E-state index is 0.258. The number of nitrogens with one attached hydrogen (secondary N) is 1. The van der Waals surface area contributed by atoms with Crippen LogP contribution < -0.4 is 0 Å². The fraction of sp³-hybridized carbons (Fsp3) is 0.667. The van der Waals surface area contributed by atoms with Gasteiger partial charge in [-0.25, -0.2) is 4.98 Å². The minimum atomic E-state index is 0.258. The second-order valence-electron chi connectivity index (χ2n) is 6.44. The second kappa shape index (κ2) is 7.52. The van der Waals surface area contributed by atoms with Gasteiger partial charge in [-0.2, -0.15) is 10.1 Å². The van der Waals surface area contributed by atoms with E-state index in [4.69, 9.17) is 4.52 Å². The number of carbonyl (C=O) groups is 1. The van der Waals surface area contributed by atoms with Crippen molar-refractivity contribution in [3.05, 3.63) is 12.2 Å². The highest BCUT2D eigenvalue weighted by molar-refractivity contribution is 5.76. The van der Waals surface area contributed by atoms with E-state index in [1.165, 1.54) is 6.33 Å². The van der Waals surface area contributed by atoms with Gasteiger partial charge in [0.1, 0.15) is 6.33 Å². The van der Waals surface area contributed by atoms with Crippen molar-refractivity contribution in [1.29, 1.82) is 0 Å². The van der Waals surface area contributed by atoms with Gasteiger partial charge in [0, 0.05) is 32.6 Å². The Morgan fingerprint density at radius 1 is 1.33 bits per heavy atom. The topological polar surface area (TPSA) is 104 Å². The van der Waals surface area contributed by atoms with Gasteiger partial charge in [-0.1, -0.05) is 19.0 Å². The van der Waals surface area contributed by atoms with Crippen LogP contribution in [0.5, 0.6) is 0 Å². The molecule has 0 atom stereocenters. The SMILES string of the molecule is CC(C)CCC(=O)N1CCN(Cc2nc(-c3ncn[nH]3)no2)CC1. The first-order chi connectivity index (χ1) is 11.6. The number of nitrogens with zero attached hydrogens (tertiary/aromatic N) is 6. The van der Waals surface area contributed by atoms with Crippen LogP contribution in [-0.4, -0.2) is 67.2 Å². The lowest BCUT2D eigenvalue weighted by molar-refractivity contribution is -0.133. The predicted molar refractivity (Wildman–Crippen MR) is 85.6 cm³/mol. The first-order valence-corrected chi connectivity index (χ1v) is 8.30. The third-order valence-electron chi connectivity index (χ3n) is 4.11. The number of hydrogen-bond donors (Lipinski definition) is 1. The molecule has 3 heterocycles. The fourth-order valence-corrected chi connectivity index (χ4v) is 2.65. The summed E-state index contributed by atoms with van der Waals surface area (Å²) in [5.74, 6) is 2.26. The van der Waals surface area contributed by atoms with Gasteiger partial charge in [-0.05, 0) is 12.3 Å². The fourth-order valence-electron chi connectivity index (χ4n) is 2.65. The number of rotatable bonds is 6. The van der Waals surface area contributed by atoms with Gasteiger partial charge < -0.3 is 9.42 Å². The maximum Gasteiger partial charge on any atom is 0.241 e. The van der Waals surface area contributed by atoms with E-state index in [9.17, 15) is 4.79 Å². The maximum atomic E-state index is 12.2. The molecule has 24 heavy (non-hydrogen) atoms. The molecule has 2 aromatic rings. The van der Waals surface area contributed by atoms with Crippen LogP contribution in [0.4, 0.5) is 0 Å². The molecule has 1 amide bonds. The highest BCUT2D eigenvalue weighted by Gasteiger charge is 2.22. The largest absolute Gasteiger partial charge is 0.340 e. The van der Waals surface area contributed by atoms with Crippen LogP contribution in [0.2, 0.25) is 0 Å². The van der Waals surface area contributed by atoms with E-state index in [1.54, 1.807) is 0 Å². The normalized spacial score (nSPS) is 16.0. The lowest BCUT2D eigenvalue weighted by atomic mass is 10.1. The van der Waals surface area contributed by atoms with Crippen LogP contribution in [0.25, 0.3) is 11.6 Å². The summed E-state index contributed by atoms with van der Waals surface area (Å²) in [5.41, 5.74) is 0. The minimum Gasteiger partial charge on any atom is -0.340 e. The van der Waals surface area contributed by atoms with E-state index in [0.717, 1.165) is 32.6 Å². The summed E-state index contributed by atoms with van der Waals surface area (Å²) < 4.78 is 5.26. The molecule has 9 heteroatoms. The molecule has 0 aromatic carbocycles. The first kappa shape index (κ1) is 16.6. The van der Waals surface area contributed by atoms with E-state index in [-0.39, 0.29) is 5.91 Å². The smallest absolute Gasteiger partial charge is 0.241 e. The molecule has 0 radical (unpaired) electrons. The van der Waals surface area contributed by atoms with Crippen molar-refractivity contribution >= 4 is 5.91 Å². The average molecular weight is 333 g/mol. The number of amides is 1. The molecule has 0 bridgehead atoms. The highest BCUT2D eigenvalue weighted by atomic mass is 16.5.